The molecule has 7 rings (SSSR count). The summed E-state index contributed by atoms with van der Waals surface area (Å²) in [5.41, 5.74) is 4.05. The van der Waals surface area contributed by atoms with E-state index in [1.165, 1.54) is 22.8 Å². The van der Waals surface area contributed by atoms with E-state index >= 15 is 4.39 Å². The smallest absolute Gasteiger partial charge is 0.268 e. The van der Waals surface area contributed by atoms with Crippen LogP contribution in [0.3, 0.4) is 0 Å². The number of rotatable bonds is 15. The second kappa shape index (κ2) is 17.7. The molecule has 0 saturated carbocycles. The molecule has 0 spiro atoms. The Labute approximate surface area is 347 Å². The molecule has 1 aliphatic heterocycles. The second-order valence-corrected chi connectivity index (χ2v) is 18.0. The van der Waals surface area contributed by atoms with Gasteiger partial charge < -0.3 is 29.8 Å². The molecule has 11 nitrogen and oxygen atoms in total. The van der Waals surface area contributed by atoms with Crippen LogP contribution in [0.15, 0.2) is 95.7 Å². The van der Waals surface area contributed by atoms with Gasteiger partial charge in [0.2, 0.25) is 5.88 Å². The van der Waals surface area contributed by atoms with Crippen LogP contribution in [0.4, 0.5) is 10.1 Å². The van der Waals surface area contributed by atoms with Crippen LogP contribution in [0.5, 0.6) is 17.4 Å². The number of fused-ring (bicyclic) bond motifs is 1. The number of anilines is 1. The molecule has 0 unspecified atom stereocenters. The van der Waals surface area contributed by atoms with Crippen molar-refractivity contribution in [2.45, 2.75) is 56.5 Å². The maximum Gasteiger partial charge on any atom is 0.268 e. The zero-order chi connectivity index (χ0) is 40.9. The Morgan fingerprint density at radius 2 is 1.78 bits per heavy atom. The second-order valence-electron chi connectivity index (χ2n) is 15.5. The van der Waals surface area contributed by atoms with E-state index in [4.69, 9.17) is 37.4 Å². The number of hydrogen-bond acceptors (Lipinski definition) is 9. The molecule has 1 saturated heterocycles. The Morgan fingerprint density at radius 3 is 2.55 bits per heavy atom. The summed E-state index contributed by atoms with van der Waals surface area (Å²) < 4.78 is 61.1. The molecule has 0 bridgehead atoms. The first kappa shape index (κ1) is 41.5. The fraction of sp³-hybridized carbons (Fsp3) is 0.349. The lowest BCUT2D eigenvalue weighted by Gasteiger charge is -2.34. The zero-order valence-electron chi connectivity index (χ0n) is 32.3. The van der Waals surface area contributed by atoms with E-state index in [1.807, 2.05) is 30.3 Å². The SMILES string of the molecule is CC1(C)CCC(CNCCNc2ccc(C(=O)NS(=O)(=O)c3cnc(OCC4(F)CCOCC4)c(Cl)c3)c(Oc3cccc4[nH]ccc34)c2)=C(c2ccc(Cl)cc2)C1. The molecule has 306 valence electrons. The molecule has 5 aromatic rings. The predicted octanol–water partition coefficient (Wildman–Crippen LogP) is 9.34. The zero-order valence-corrected chi connectivity index (χ0v) is 34.6. The number of nitrogens with one attached hydrogen (secondary N) is 4. The highest BCUT2D eigenvalue weighted by Crippen LogP contribution is 2.43. The van der Waals surface area contributed by atoms with Crippen molar-refractivity contribution in [2.75, 3.05) is 44.8 Å². The van der Waals surface area contributed by atoms with Crippen LogP contribution < -0.4 is 24.8 Å². The lowest BCUT2D eigenvalue weighted by molar-refractivity contribution is -0.0331. The first-order valence-corrected chi connectivity index (χ1v) is 21.4. The van der Waals surface area contributed by atoms with Crippen LogP contribution >= 0.6 is 23.2 Å². The summed E-state index contributed by atoms with van der Waals surface area (Å²) in [6.45, 7) is 6.83. The fourth-order valence-electron chi connectivity index (χ4n) is 7.16. The molecule has 1 amide bonds. The molecule has 15 heteroatoms. The number of alkyl halides is 1. The Bertz CT molecular complexity index is 2420. The van der Waals surface area contributed by atoms with Crippen molar-refractivity contribution in [3.05, 3.63) is 112 Å². The van der Waals surface area contributed by atoms with Gasteiger partial charge in [0.15, 0.2) is 0 Å². The van der Waals surface area contributed by atoms with Crippen molar-refractivity contribution in [3.63, 3.8) is 0 Å². The van der Waals surface area contributed by atoms with Crippen LogP contribution in [0.2, 0.25) is 10.0 Å². The van der Waals surface area contributed by atoms with Crippen molar-refractivity contribution in [1.29, 1.82) is 0 Å². The van der Waals surface area contributed by atoms with E-state index < -0.39 is 21.6 Å². The van der Waals surface area contributed by atoms with Crippen molar-refractivity contribution in [2.24, 2.45) is 5.41 Å². The lowest BCUT2D eigenvalue weighted by Crippen LogP contribution is -2.37. The van der Waals surface area contributed by atoms with Gasteiger partial charge in [-0.05, 0) is 84.3 Å². The quantitative estimate of drug-likeness (QED) is 0.0758. The number of nitrogens with zero attached hydrogens (tertiary/aromatic N) is 1. The Hall–Kier alpha value is -4.66. The van der Waals surface area contributed by atoms with Gasteiger partial charge in [0.1, 0.15) is 33.7 Å². The minimum absolute atomic E-state index is 0.0228. The van der Waals surface area contributed by atoms with Crippen LogP contribution in [-0.4, -0.2) is 69.4 Å². The third-order valence-electron chi connectivity index (χ3n) is 10.5. The van der Waals surface area contributed by atoms with Crippen molar-refractivity contribution in [1.82, 2.24) is 20.0 Å². The standard InChI is InChI=1S/C43H46Cl2FN5O6S/c1-42(2)14-12-29(35(24-42)28-6-8-30(44)9-7-28)25-47-18-19-48-31-10-11-34(39(22-31)57-38-5-3-4-37-33(38)13-17-49-37)40(52)51-58(53,54)32-23-36(45)41(50-26-32)56-27-43(46)15-20-55-21-16-43/h3-11,13,17,22-23,26,47-49H,12,14-16,18-21,24-25,27H2,1-2H3,(H,51,52). The van der Waals surface area contributed by atoms with Gasteiger partial charge >= 0.3 is 0 Å². The average molecular weight is 851 g/mol. The molecule has 1 aliphatic carbocycles. The average Bonchev–Trinajstić information content (AvgIpc) is 3.68. The first-order valence-electron chi connectivity index (χ1n) is 19.2. The molecular weight excluding hydrogens is 804 g/mol. The minimum atomic E-state index is -4.47. The number of carbonyl (C=O) groups is 1. The number of ether oxygens (including phenoxy) is 3. The third-order valence-corrected chi connectivity index (χ3v) is 12.3. The molecule has 4 N–H and O–H groups in total. The molecule has 3 heterocycles. The van der Waals surface area contributed by atoms with Gasteiger partial charge in [-0.15, -0.1) is 0 Å². The minimum Gasteiger partial charge on any atom is -0.473 e. The van der Waals surface area contributed by atoms with Gasteiger partial charge in [0.25, 0.3) is 15.9 Å². The van der Waals surface area contributed by atoms with E-state index in [2.05, 4.69) is 51.3 Å². The summed E-state index contributed by atoms with van der Waals surface area (Å²) in [6.07, 6.45) is 6.23. The number of aromatic nitrogens is 2. The molecule has 58 heavy (non-hydrogen) atoms. The number of hydrogen-bond donors (Lipinski definition) is 4. The molecule has 0 radical (unpaired) electrons. The highest BCUT2D eigenvalue weighted by atomic mass is 35.5. The Balaban J connectivity index is 1.04. The summed E-state index contributed by atoms with van der Waals surface area (Å²) in [5, 5.41) is 8.32. The molecule has 1 fully saturated rings. The van der Waals surface area contributed by atoms with Gasteiger partial charge in [-0.3, -0.25) is 4.79 Å². The van der Waals surface area contributed by atoms with Crippen LogP contribution in [0.1, 0.15) is 61.9 Å². The number of sulfonamides is 1. The Morgan fingerprint density at radius 1 is 0.983 bits per heavy atom. The largest absolute Gasteiger partial charge is 0.473 e. The molecule has 2 aliphatic rings. The Kier molecular flexibility index (Phi) is 12.6. The number of carbonyl (C=O) groups excluding carboxylic acids is 1. The molecular formula is C43H46Cl2FN5O6S. The van der Waals surface area contributed by atoms with Crippen molar-refractivity contribution < 1.29 is 31.8 Å². The number of pyridine rings is 1. The summed E-state index contributed by atoms with van der Waals surface area (Å²) in [4.78, 5) is 20.5. The van der Waals surface area contributed by atoms with Gasteiger partial charge in [-0.2, -0.15) is 0 Å². The summed E-state index contributed by atoms with van der Waals surface area (Å²) >= 11 is 12.5. The third kappa shape index (κ3) is 10.1. The van der Waals surface area contributed by atoms with Crippen molar-refractivity contribution >= 4 is 61.3 Å². The summed E-state index contributed by atoms with van der Waals surface area (Å²) in [6, 6.07) is 21.3. The monoisotopic (exact) mass is 849 g/mol. The summed E-state index contributed by atoms with van der Waals surface area (Å²) in [5.74, 6) is -0.450. The predicted molar refractivity (Wildman–Crippen MR) is 225 cm³/mol. The number of benzene rings is 3. The lowest BCUT2D eigenvalue weighted by atomic mass is 9.72. The maximum atomic E-state index is 15.0. The van der Waals surface area contributed by atoms with Gasteiger partial charge in [-0.25, -0.2) is 22.5 Å². The van der Waals surface area contributed by atoms with E-state index in [1.54, 1.807) is 24.4 Å². The van der Waals surface area contributed by atoms with Crippen LogP contribution in [0.25, 0.3) is 16.5 Å². The van der Waals surface area contributed by atoms with E-state index in [-0.39, 0.29) is 65.2 Å². The topological polar surface area (TPSA) is 144 Å². The highest BCUT2D eigenvalue weighted by Gasteiger charge is 2.34. The van der Waals surface area contributed by atoms with E-state index in [0.29, 0.717) is 24.5 Å². The number of halogens is 3. The van der Waals surface area contributed by atoms with Crippen molar-refractivity contribution in [3.8, 4) is 17.4 Å². The van der Waals surface area contributed by atoms with Gasteiger partial charge in [-0.1, -0.05) is 60.8 Å². The number of aromatic amines is 1. The number of allylic oxidation sites excluding steroid dienone is 1. The van der Waals surface area contributed by atoms with Gasteiger partial charge in [0.05, 0.1) is 11.8 Å². The summed E-state index contributed by atoms with van der Waals surface area (Å²) in [7, 11) is -4.47. The normalized spacial score (nSPS) is 16.6. The molecule has 3 aromatic carbocycles. The number of H-pyrrole nitrogens is 1. The fourth-order valence-corrected chi connectivity index (χ4v) is 8.51. The molecule has 0 atom stereocenters. The highest BCUT2D eigenvalue weighted by molar-refractivity contribution is 7.90. The van der Waals surface area contributed by atoms with Crippen LogP contribution in [0, 0.1) is 5.41 Å². The van der Waals surface area contributed by atoms with Crippen LogP contribution in [-0.2, 0) is 14.8 Å². The molecule has 2 aromatic heterocycles. The van der Waals surface area contributed by atoms with E-state index in [0.717, 1.165) is 54.0 Å². The number of amides is 1. The van der Waals surface area contributed by atoms with E-state index in [9.17, 15) is 13.2 Å². The first-order chi connectivity index (χ1) is 27.8. The maximum absolute atomic E-state index is 15.0. The van der Waals surface area contributed by atoms with Gasteiger partial charge in [0, 0.05) is 79.6 Å².